The zero-order valence-corrected chi connectivity index (χ0v) is 10.5. The molecule has 2 N–H and O–H groups in total. The zero-order valence-electron chi connectivity index (χ0n) is 9.70. The Morgan fingerprint density at radius 3 is 2.95 bits per heavy atom. The number of fused-ring (bicyclic) bond motifs is 1. The summed E-state index contributed by atoms with van der Waals surface area (Å²) in [6.45, 7) is 0. The van der Waals surface area contributed by atoms with Crippen molar-refractivity contribution in [3.8, 4) is 0 Å². The lowest BCUT2D eigenvalue weighted by Gasteiger charge is -1.99. The number of aromatic nitrogens is 4. The Labute approximate surface area is 112 Å². The number of carbonyl (C=O) groups excluding carboxylic acids is 1. The van der Waals surface area contributed by atoms with Gasteiger partial charge in [-0.05, 0) is 23.9 Å². The first-order valence-corrected chi connectivity index (χ1v) is 6.32. The minimum Gasteiger partial charge on any atom is -0.324 e. The lowest BCUT2D eigenvalue weighted by Crippen LogP contribution is -2.06. The molecule has 0 bridgehead atoms. The molecule has 1 aromatic carbocycles. The van der Waals surface area contributed by atoms with Crippen molar-refractivity contribution in [2.24, 2.45) is 0 Å². The first-order chi connectivity index (χ1) is 9.31. The van der Waals surface area contributed by atoms with Crippen LogP contribution in [0.3, 0.4) is 0 Å². The fourth-order valence-corrected chi connectivity index (χ4v) is 2.13. The van der Waals surface area contributed by atoms with Gasteiger partial charge in [0, 0.05) is 12.4 Å². The molecule has 19 heavy (non-hydrogen) atoms. The van der Waals surface area contributed by atoms with Gasteiger partial charge in [-0.1, -0.05) is 12.1 Å². The minimum atomic E-state index is -0.264. The van der Waals surface area contributed by atoms with Gasteiger partial charge >= 0.3 is 0 Å². The normalized spacial score (nSPS) is 10.5. The van der Waals surface area contributed by atoms with Crippen molar-refractivity contribution in [1.82, 2.24) is 19.9 Å². The highest BCUT2D eigenvalue weighted by molar-refractivity contribution is 8.13. The minimum absolute atomic E-state index is 0.264. The average molecular weight is 271 g/mol. The maximum atomic E-state index is 11.8. The molecular weight excluding hydrogens is 262 g/mol. The number of hydrogen-bond acceptors (Lipinski definition) is 5. The maximum absolute atomic E-state index is 11.8. The molecule has 94 valence electrons. The Kier molecular flexibility index (Phi) is 3.11. The highest BCUT2D eigenvalue weighted by Gasteiger charge is 2.09. The Morgan fingerprint density at radius 2 is 2.16 bits per heavy atom. The van der Waals surface area contributed by atoms with E-state index in [-0.39, 0.29) is 5.24 Å². The van der Waals surface area contributed by atoms with Crippen molar-refractivity contribution >= 4 is 34.0 Å². The summed E-state index contributed by atoms with van der Waals surface area (Å²) in [5, 5.41) is 2.94. The number of carbonyl (C=O) groups is 1. The van der Waals surface area contributed by atoms with Gasteiger partial charge in [0.15, 0.2) is 0 Å². The van der Waals surface area contributed by atoms with Crippen LogP contribution in [0.1, 0.15) is 0 Å². The van der Waals surface area contributed by atoms with E-state index in [9.17, 15) is 4.79 Å². The van der Waals surface area contributed by atoms with Gasteiger partial charge in [0.2, 0.25) is 5.95 Å². The van der Waals surface area contributed by atoms with Gasteiger partial charge in [0.25, 0.3) is 5.24 Å². The Hall–Kier alpha value is -2.41. The van der Waals surface area contributed by atoms with E-state index >= 15 is 0 Å². The van der Waals surface area contributed by atoms with Crippen LogP contribution in [-0.2, 0) is 0 Å². The Balaban J connectivity index is 1.72. The fourth-order valence-electron chi connectivity index (χ4n) is 1.57. The Morgan fingerprint density at radius 1 is 1.26 bits per heavy atom. The van der Waals surface area contributed by atoms with E-state index in [4.69, 9.17) is 0 Å². The Bertz CT molecular complexity index is 679. The third kappa shape index (κ3) is 2.71. The van der Waals surface area contributed by atoms with E-state index in [1.807, 2.05) is 24.3 Å². The number of thioether (sulfide) groups is 1. The van der Waals surface area contributed by atoms with Gasteiger partial charge in [0.1, 0.15) is 5.03 Å². The van der Waals surface area contributed by atoms with Gasteiger partial charge in [-0.3, -0.25) is 15.1 Å². The number of H-pyrrole nitrogens is 1. The van der Waals surface area contributed by atoms with Crippen LogP contribution >= 0.6 is 11.8 Å². The molecule has 1 amide bonds. The second-order valence-corrected chi connectivity index (χ2v) is 4.65. The van der Waals surface area contributed by atoms with Crippen molar-refractivity contribution in [2.45, 2.75) is 5.03 Å². The number of para-hydroxylation sites is 2. The molecule has 0 spiro atoms. The van der Waals surface area contributed by atoms with E-state index in [1.165, 1.54) is 12.4 Å². The fraction of sp³-hybridized carbons (Fsp3) is 0. The molecule has 6 nitrogen and oxygen atoms in total. The number of hydrogen-bond donors (Lipinski definition) is 2. The van der Waals surface area contributed by atoms with Crippen LogP contribution < -0.4 is 5.32 Å². The number of aromatic amines is 1. The topological polar surface area (TPSA) is 83.6 Å². The standard InChI is InChI=1S/C12H9N5OS/c18-12(19-10-7-13-5-6-14-10)17-11-15-8-3-1-2-4-9(8)16-11/h1-7H,(H2,15,16,17,18). The van der Waals surface area contributed by atoms with Gasteiger partial charge in [-0.2, -0.15) is 0 Å². The first kappa shape index (κ1) is 11.7. The molecule has 0 saturated heterocycles. The van der Waals surface area contributed by atoms with E-state index in [2.05, 4.69) is 25.3 Å². The summed E-state index contributed by atoms with van der Waals surface area (Å²) in [5.74, 6) is 0.419. The second-order valence-electron chi connectivity index (χ2n) is 3.66. The number of imidazole rings is 1. The molecule has 2 heterocycles. The molecule has 0 saturated carbocycles. The molecule has 0 atom stereocenters. The summed E-state index contributed by atoms with van der Waals surface area (Å²) in [6, 6.07) is 7.56. The van der Waals surface area contributed by atoms with E-state index in [1.54, 1.807) is 6.20 Å². The SMILES string of the molecule is O=C(Nc1nc2ccccc2[nH]1)Sc1cnccn1. The van der Waals surface area contributed by atoms with Crippen LogP contribution in [0.25, 0.3) is 11.0 Å². The molecule has 0 unspecified atom stereocenters. The number of rotatable bonds is 2. The molecule has 3 rings (SSSR count). The predicted octanol–water partition coefficient (Wildman–Crippen LogP) is 2.68. The third-order valence-corrected chi connectivity index (χ3v) is 3.05. The smallest absolute Gasteiger partial charge is 0.292 e. The molecule has 0 aliphatic heterocycles. The summed E-state index contributed by atoms with van der Waals surface area (Å²) in [6.07, 6.45) is 4.63. The molecule has 3 aromatic rings. The number of benzene rings is 1. The van der Waals surface area contributed by atoms with E-state index in [0.29, 0.717) is 11.0 Å². The van der Waals surface area contributed by atoms with Crippen molar-refractivity contribution in [3.63, 3.8) is 0 Å². The molecule has 0 aliphatic carbocycles. The van der Waals surface area contributed by atoms with Crippen molar-refractivity contribution in [1.29, 1.82) is 0 Å². The van der Waals surface area contributed by atoms with Crippen molar-refractivity contribution < 1.29 is 4.79 Å². The van der Waals surface area contributed by atoms with Crippen LogP contribution in [0.15, 0.2) is 47.9 Å². The number of nitrogens with one attached hydrogen (secondary N) is 2. The van der Waals surface area contributed by atoms with Crippen LogP contribution in [-0.4, -0.2) is 25.2 Å². The van der Waals surface area contributed by atoms with Gasteiger partial charge in [0.05, 0.1) is 17.2 Å². The largest absolute Gasteiger partial charge is 0.324 e. The number of amides is 1. The molecule has 0 aliphatic rings. The summed E-state index contributed by atoms with van der Waals surface area (Å²) in [7, 11) is 0. The second kappa shape index (κ2) is 5.07. The third-order valence-electron chi connectivity index (χ3n) is 2.35. The average Bonchev–Trinajstić information content (AvgIpc) is 2.81. The summed E-state index contributed by atoms with van der Waals surface area (Å²) >= 11 is 0.965. The molecule has 0 fully saturated rings. The monoisotopic (exact) mass is 271 g/mol. The number of nitrogens with zero attached hydrogens (tertiary/aromatic N) is 3. The summed E-state index contributed by atoms with van der Waals surface area (Å²) in [4.78, 5) is 27.0. The van der Waals surface area contributed by atoms with E-state index in [0.717, 1.165) is 22.8 Å². The quantitative estimate of drug-likeness (QED) is 0.700. The lowest BCUT2D eigenvalue weighted by atomic mass is 10.3. The van der Waals surface area contributed by atoms with E-state index < -0.39 is 0 Å². The first-order valence-electron chi connectivity index (χ1n) is 5.51. The summed E-state index contributed by atoms with van der Waals surface area (Å²) in [5.41, 5.74) is 1.68. The molecule has 2 aromatic heterocycles. The summed E-state index contributed by atoms with van der Waals surface area (Å²) < 4.78 is 0. The zero-order chi connectivity index (χ0) is 13.1. The van der Waals surface area contributed by atoms with Crippen molar-refractivity contribution in [2.75, 3.05) is 5.32 Å². The van der Waals surface area contributed by atoms with Crippen LogP contribution in [0.2, 0.25) is 0 Å². The van der Waals surface area contributed by atoms with Crippen LogP contribution in [0.4, 0.5) is 10.7 Å². The highest BCUT2D eigenvalue weighted by Crippen LogP contribution is 2.18. The van der Waals surface area contributed by atoms with Gasteiger partial charge in [-0.25, -0.2) is 9.97 Å². The highest BCUT2D eigenvalue weighted by atomic mass is 32.2. The predicted molar refractivity (Wildman–Crippen MR) is 73.0 cm³/mol. The molecule has 0 radical (unpaired) electrons. The number of anilines is 1. The molecule has 7 heteroatoms. The molecular formula is C12H9N5OS. The lowest BCUT2D eigenvalue weighted by molar-refractivity contribution is 0.269. The van der Waals surface area contributed by atoms with Gasteiger partial charge in [-0.15, -0.1) is 0 Å². The van der Waals surface area contributed by atoms with Crippen molar-refractivity contribution in [3.05, 3.63) is 42.9 Å². The van der Waals surface area contributed by atoms with Crippen LogP contribution in [0.5, 0.6) is 0 Å². The maximum Gasteiger partial charge on any atom is 0.292 e. The van der Waals surface area contributed by atoms with Crippen LogP contribution in [0, 0.1) is 0 Å². The van der Waals surface area contributed by atoms with Gasteiger partial charge < -0.3 is 4.98 Å².